The molecule has 1 aromatic carbocycles. The van der Waals surface area contributed by atoms with Gasteiger partial charge in [-0.3, -0.25) is 0 Å². The molecule has 2 rings (SSSR count). The fraction of sp³-hybridized carbons (Fsp3) is 0.600. The maximum atomic E-state index is 5.76. The molecule has 0 fully saturated rings. The van der Waals surface area contributed by atoms with E-state index in [1.165, 1.54) is 5.56 Å². The first-order chi connectivity index (χ1) is 8.86. The van der Waals surface area contributed by atoms with Crippen LogP contribution in [-0.4, -0.2) is 32.4 Å². The van der Waals surface area contributed by atoms with Gasteiger partial charge in [-0.25, -0.2) is 0 Å². The number of para-hydroxylation sites is 1. The van der Waals surface area contributed by atoms with E-state index in [-0.39, 0.29) is 0 Å². The number of hydrogen-bond acceptors (Lipinski definition) is 3. The van der Waals surface area contributed by atoms with Crippen molar-refractivity contribution in [3.63, 3.8) is 0 Å². The van der Waals surface area contributed by atoms with Crippen LogP contribution in [0.25, 0.3) is 0 Å². The zero-order valence-electron chi connectivity index (χ0n) is 11.3. The molecule has 2 unspecified atom stereocenters. The smallest absolute Gasteiger partial charge is 0.122 e. The summed E-state index contributed by atoms with van der Waals surface area (Å²) in [5.41, 5.74) is 1.31. The quantitative estimate of drug-likeness (QED) is 0.805. The summed E-state index contributed by atoms with van der Waals surface area (Å²) in [6.45, 7) is 7.52. The molecule has 100 valence electrons. The summed E-state index contributed by atoms with van der Waals surface area (Å²) in [6.07, 6.45) is 1.14. The van der Waals surface area contributed by atoms with Gasteiger partial charge in [0.15, 0.2) is 0 Å². The van der Waals surface area contributed by atoms with Crippen LogP contribution in [-0.2, 0) is 4.74 Å². The minimum Gasteiger partial charge on any atom is -0.493 e. The van der Waals surface area contributed by atoms with Crippen molar-refractivity contribution in [2.75, 3.05) is 26.4 Å². The van der Waals surface area contributed by atoms with Gasteiger partial charge in [0.25, 0.3) is 0 Å². The van der Waals surface area contributed by atoms with Crippen molar-refractivity contribution >= 4 is 0 Å². The molecule has 18 heavy (non-hydrogen) atoms. The maximum absolute atomic E-state index is 5.76. The maximum Gasteiger partial charge on any atom is 0.122 e. The van der Waals surface area contributed by atoms with Crippen LogP contribution in [0.1, 0.15) is 31.7 Å². The molecule has 1 heterocycles. The number of nitrogens with one attached hydrogen (secondary N) is 1. The normalized spacial score (nSPS) is 19.3. The van der Waals surface area contributed by atoms with Crippen molar-refractivity contribution in [3.05, 3.63) is 29.8 Å². The summed E-state index contributed by atoms with van der Waals surface area (Å²) in [6, 6.07) is 8.66. The number of benzene rings is 1. The van der Waals surface area contributed by atoms with E-state index in [1.54, 1.807) is 0 Å². The van der Waals surface area contributed by atoms with Crippen molar-refractivity contribution in [1.29, 1.82) is 0 Å². The van der Waals surface area contributed by atoms with Crippen molar-refractivity contribution in [3.8, 4) is 5.75 Å². The SMILES string of the molecule is CCCNC(COCC)C1COc2ccccc21. The van der Waals surface area contributed by atoms with Gasteiger partial charge in [-0.15, -0.1) is 0 Å². The predicted molar refractivity (Wildman–Crippen MR) is 73.3 cm³/mol. The molecular formula is C15H23NO2. The molecule has 1 aromatic rings. The Morgan fingerprint density at radius 1 is 1.39 bits per heavy atom. The van der Waals surface area contributed by atoms with Gasteiger partial charge in [0.2, 0.25) is 0 Å². The molecule has 0 saturated carbocycles. The first-order valence-corrected chi connectivity index (χ1v) is 6.89. The molecule has 1 aliphatic rings. The Labute approximate surface area is 109 Å². The standard InChI is InChI=1S/C15H23NO2/c1-3-9-16-14(11-17-4-2)13-10-18-15-8-6-5-7-12(13)15/h5-8,13-14,16H,3-4,9-11H2,1-2H3. The fourth-order valence-electron chi connectivity index (χ4n) is 2.41. The van der Waals surface area contributed by atoms with Gasteiger partial charge in [0, 0.05) is 24.1 Å². The lowest BCUT2D eigenvalue weighted by atomic mass is 9.93. The Kier molecular flexibility index (Phi) is 5.02. The summed E-state index contributed by atoms with van der Waals surface area (Å²) in [4.78, 5) is 0. The molecule has 0 saturated heterocycles. The molecule has 0 aromatic heterocycles. The topological polar surface area (TPSA) is 30.5 Å². The van der Waals surface area contributed by atoms with Crippen LogP contribution in [0, 0.1) is 0 Å². The second kappa shape index (κ2) is 6.76. The van der Waals surface area contributed by atoms with E-state index in [4.69, 9.17) is 9.47 Å². The molecule has 1 N–H and O–H groups in total. The Hall–Kier alpha value is -1.06. The van der Waals surface area contributed by atoms with Crippen LogP contribution < -0.4 is 10.1 Å². The molecule has 1 aliphatic heterocycles. The van der Waals surface area contributed by atoms with E-state index < -0.39 is 0 Å². The third kappa shape index (κ3) is 3.03. The number of rotatable bonds is 7. The lowest BCUT2D eigenvalue weighted by Crippen LogP contribution is -2.40. The van der Waals surface area contributed by atoms with Crippen LogP contribution >= 0.6 is 0 Å². The highest BCUT2D eigenvalue weighted by atomic mass is 16.5. The van der Waals surface area contributed by atoms with E-state index in [0.29, 0.717) is 12.0 Å². The fourth-order valence-corrected chi connectivity index (χ4v) is 2.41. The third-order valence-corrected chi connectivity index (χ3v) is 3.38. The van der Waals surface area contributed by atoms with E-state index in [1.807, 2.05) is 19.1 Å². The summed E-state index contributed by atoms with van der Waals surface area (Å²) >= 11 is 0. The lowest BCUT2D eigenvalue weighted by Gasteiger charge is -2.23. The molecule has 0 radical (unpaired) electrons. The van der Waals surface area contributed by atoms with E-state index >= 15 is 0 Å². The Morgan fingerprint density at radius 3 is 3.00 bits per heavy atom. The second-order valence-corrected chi connectivity index (χ2v) is 4.68. The lowest BCUT2D eigenvalue weighted by molar-refractivity contribution is 0.110. The molecule has 3 heteroatoms. The van der Waals surface area contributed by atoms with Gasteiger partial charge in [-0.2, -0.15) is 0 Å². The molecule has 0 bridgehead atoms. The van der Waals surface area contributed by atoms with Gasteiger partial charge in [-0.1, -0.05) is 25.1 Å². The summed E-state index contributed by atoms with van der Waals surface area (Å²) < 4.78 is 11.4. The molecule has 2 atom stereocenters. The van der Waals surface area contributed by atoms with Crippen LogP contribution in [0.5, 0.6) is 5.75 Å². The average molecular weight is 249 g/mol. The van der Waals surface area contributed by atoms with E-state index in [9.17, 15) is 0 Å². The highest BCUT2D eigenvalue weighted by molar-refractivity contribution is 5.40. The van der Waals surface area contributed by atoms with Gasteiger partial charge in [0.05, 0.1) is 13.2 Å². The van der Waals surface area contributed by atoms with E-state index in [0.717, 1.165) is 38.5 Å². The van der Waals surface area contributed by atoms with Crippen molar-refractivity contribution in [1.82, 2.24) is 5.32 Å². The molecule has 0 aliphatic carbocycles. The van der Waals surface area contributed by atoms with Gasteiger partial charge in [-0.05, 0) is 26.0 Å². The minimum atomic E-state index is 0.341. The predicted octanol–water partition coefficient (Wildman–Crippen LogP) is 2.57. The van der Waals surface area contributed by atoms with Crippen molar-refractivity contribution < 1.29 is 9.47 Å². The summed E-state index contributed by atoms with van der Waals surface area (Å²) in [5.74, 6) is 1.43. The third-order valence-electron chi connectivity index (χ3n) is 3.38. The Bertz CT molecular complexity index is 359. The monoisotopic (exact) mass is 249 g/mol. The summed E-state index contributed by atoms with van der Waals surface area (Å²) in [5, 5.41) is 3.58. The van der Waals surface area contributed by atoms with Crippen LogP contribution in [0.4, 0.5) is 0 Å². The molecular weight excluding hydrogens is 226 g/mol. The molecule has 0 spiro atoms. The van der Waals surface area contributed by atoms with Crippen molar-refractivity contribution in [2.45, 2.75) is 32.2 Å². The average Bonchev–Trinajstić information content (AvgIpc) is 2.83. The van der Waals surface area contributed by atoms with Gasteiger partial charge < -0.3 is 14.8 Å². The summed E-state index contributed by atoms with van der Waals surface area (Å²) in [7, 11) is 0. The van der Waals surface area contributed by atoms with Crippen LogP contribution in [0.2, 0.25) is 0 Å². The number of ether oxygens (including phenoxy) is 2. The number of hydrogen-bond donors (Lipinski definition) is 1. The minimum absolute atomic E-state index is 0.341. The molecule has 0 amide bonds. The van der Waals surface area contributed by atoms with Crippen LogP contribution in [0.3, 0.4) is 0 Å². The van der Waals surface area contributed by atoms with Crippen LogP contribution in [0.15, 0.2) is 24.3 Å². The van der Waals surface area contributed by atoms with Gasteiger partial charge >= 0.3 is 0 Å². The zero-order chi connectivity index (χ0) is 12.8. The second-order valence-electron chi connectivity index (χ2n) is 4.68. The Morgan fingerprint density at radius 2 is 2.22 bits per heavy atom. The Balaban J connectivity index is 2.06. The number of fused-ring (bicyclic) bond motifs is 1. The van der Waals surface area contributed by atoms with E-state index in [2.05, 4.69) is 24.4 Å². The first-order valence-electron chi connectivity index (χ1n) is 6.89. The zero-order valence-corrected chi connectivity index (χ0v) is 11.3. The largest absolute Gasteiger partial charge is 0.493 e. The first kappa shape index (κ1) is 13.4. The highest BCUT2D eigenvalue weighted by Gasteiger charge is 2.30. The molecule has 3 nitrogen and oxygen atoms in total. The van der Waals surface area contributed by atoms with Gasteiger partial charge in [0.1, 0.15) is 5.75 Å². The highest BCUT2D eigenvalue weighted by Crippen LogP contribution is 2.35. The van der Waals surface area contributed by atoms with Crippen molar-refractivity contribution in [2.24, 2.45) is 0 Å².